The molecule has 6 nitrogen and oxygen atoms in total. The molecule has 0 bridgehead atoms. The number of amides is 1. The van der Waals surface area contributed by atoms with Crippen LogP contribution in [0.4, 0.5) is 0 Å². The summed E-state index contributed by atoms with van der Waals surface area (Å²) in [6, 6.07) is 0. The lowest BCUT2D eigenvalue weighted by Crippen LogP contribution is -2.69. The Balaban J connectivity index is 2.07. The molecule has 1 fully saturated rings. The largest absolute Gasteiger partial charge is 0.350 e. The normalized spacial score (nSPS) is 37.3. The van der Waals surface area contributed by atoms with Gasteiger partial charge in [-0.3, -0.25) is 4.79 Å². The molecule has 0 aromatic heterocycles. The van der Waals surface area contributed by atoms with E-state index in [-0.39, 0.29) is 40.1 Å². The summed E-state index contributed by atoms with van der Waals surface area (Å²) in [7, 11) is 0. The molecular formula is C18H29BrN4O2. The Labute approximate surface area is 158 Å². The van der Waals surface area contributed by atoms with Crippen molar-refractivity contribution in [1.82, 2.24) is 10.3 Å². The summed E-state index contributed by atoms with van der Waals surface area (Å²) in [6.07, 6.45) is 0.796. The zero-order valence-electron chi connectivity index (χ0n) is 16.3. The van der Waals surface area contributed by atoms with Crippen LogP contribution in [-0.2, 0) is 9.53 Å². The smallest absolute Gasteiger partial charge is 0.239 e. The second-order valence-corrected chi connectivity index (χ2v) is 10.2. The predicted octanol–water partition coefficient (Wildman–Crippen LogP) is 3.32. The predicted molar refractivity (Wildman–Crippen MR) is 102 cm³/mol. The summed E-state index contributed by atoms with van der Waals surface area (Å²) in [5.74, 6) is -0.517. The number of halogens is 1. The second-order valence-electron chi connectivity index (χ2n) is 9.43. The zero-order valence-corrected chi connectivity index (χ0v) is 17.9. The maximum Gasteiger partial charge on any atom is 0.239 e. The summed E-state index contributed by atoms with van der Waals surface area (Å²) in [5, 5.41) is 9.19. The molecule has 0 aromatic carbocycles. The van der Waals surface area contributed by atoms with Crippen molar-refractivity contribution in [3.63, 3.8) is 0 Å². The summed E-state index contributed by atoms with van der Waals surface area (Å²) in [4.78, 5) is 16.7. The molecule has 0 spiro atoms. The molecule has 0 aliphatic carbocycles. The fourth-order valence-electron chi connectivity index (χ4n) is 4.19. The number of hydrazone groups is 1. The molecule has 0 saturated carbocycles. The summed E-state index contributed by atoms with van der Waals surface area (Å²) in [6.45, 7) is 17.9. The van der Waals surface area contributed by atoms with Crippen LogP contribution in [0.5, 0.6) is 0 Å². The Morgan fingerprint density at radius 1 is 1.12 bits per heavy atom. The van der Waals surface area contributed by atoms with Crippen LogP contribution >= 0.6 is 15.9 Å². The number of nitrogens with one attached hydrogen (secondary N) is 1. The maximum atomic E-state index is 12.3. The van der Waals surface area contributed by atoms with Gasteiger partial charge in [-0.2, -0.15) is 5.10 Å². The maximum absolute atomic E-state index is 12.3. The summed E-state index contributed by atoms with van der Waals surface area (Å²) < 4.78 is 7.25. The van der Waals surface area contributed by atoms with E-state index in [1.54, 1.807) is 0 Å². The molecule has 0 aromatic rings. The van der Waals surface area contributed by atoms with E-state index in [1.807, 2.05) is 5.01 Å². The lowest BCUT2D eigenvalue weighted by molar-refractivity contribution is -0.327. The van der Waals surface area contributed by atoms with Crippen molar-refractivity contribution in [2.75, 3.05) is 0 Å². The van der Waals surface area contributed by atoms with Gasteiger partial charge in [-0.15, -0.1) is 0 Å². The van der Waals surface area contributed by atoms with E-state index in [4.69, 9.17) is 4.74 Å². The first kappa shape index (κ1) is 18.8. The van der Waals surface area contributed by atoms with Crippen LogP contribution in [0.25, 0.3) is 0 Å². The van der Waals surface area contributed by atoms with E-state index >= 15 is 0 Å². The van der Waals surface area contributed by atoms with Crippen molar-refractivity contribution in [3.8, 4) is 0 Å². The third-order valence-electron chi connectivity index (χ3n) is 7.70. The molecule has 7 heteroatoms. The fourth-order valence-corrected chi connectivity index (χ4v) is 4.82. The number of fused-ring (bicyclic) bond motifs is 1. The number of hydrogen-bond donors (Lipinski definition) is 1. The monoisotopic (exact) mass is 412 g/mol. The Morgan fingerprint density at radius 2 is 1.72 bits per heavy atom. The van der Waals surface area contributed by atoms with Gasteiger partial charge >= 0.3 is 0 Å². The molecule has 0 unspecified atom stereocenters. The van der Waals surface area contributed by atoms with Crippen LogP contribution in [0, 0.1) is 22.2 Å². The fraction of sp³-hybridized carbons (Fsp3) is 0.833. The highest BCUT2D eigenvalue weighted by Gasteiger charge is 2.65. The first-order chi connectivity index (χ1) is 11.3. The summed E-state index contributed by atoms with van der Waals surface area (Å²) >= 11 is 3.46. The highest BCUT2D eigenvalue weighted by atomic mass is 79.9. The SMILES string of the molecule is CC1(C)O[C@H](N2N=C(Br)[C@@H]3C(=O)NC=N[C@@H]32)C(C)(C)C(C)(C)C1(C)C. The van der Waals surface area contributed by atoms with Gasteiger partial charge in [-0.1, -0.05) is 41.5 Å². The molecule has 1 saturated heterocycles. The molecule has 1 amide bonds. The van der Waals surface area contributed by atoms with Crippen molar-refractivity contribution in [2.24, 2.45) is 32.3 Å². The minimum absolute atomic E-state index is 0.0485. The number of rotatable bonds is 1. The van der Waals surface area contributed by atoms with E-state index in [1.165, 1.54) is 6.34 Å². The number of carbonyl (C=O) groups is 1. The molecular weight excluding hydrogens is 384 g/mol. The van der Waals surface area contributed by atoms with Crippen LogP contribution in [0.3, 0.4) is 0 Å². The molecule has 0 radical (unpaired) electrons. The molecule has 3 heterocycles. The Kier molecular flexibility index (Phi) is 3.98. The number of carbonyl (C=O) groups excluding carboxylic acids is 1. The highest BCUT2D eigenvalue weighted by molar-refractivity contribution is 9.18. The average molecular weight is 413 g/mol. The molecule has 3 atom stereocenters. The van der Waals surface area contributed by atoms with Gasteiger partial charge in [0.1, 0.15) is 10.5 Å². The molecule has 3 aliphatic heterocycles. The Hall–Kier alpha value is -0.950. The van der Waals surface area contributed by atoms with Crippen LogP contribution in [0.1, 0.15) is 55.4 Å². The van der Waals surface area contributed by atoms with E-state index in [0.29, 0.717) is 4.62 Å². The molecule has 140 valence electrons. The quantitative estimate of drug-likeness (QED) is 0.717. The number of hydrogen-bond acceptors (Lipinski definition) is 5. The standard InChI is InChI=1S/C18H29BrN4O2/c1-15(2)14(25-18(7,8)17(5,6)16(15,3)4)23-12-10(11(19)22-23)13(24)21-9-20-12/h9-10,12,14H,1-8H3,(H,20,21,24)/t10-,12+,14-/m0/s1. The lowest BCUT2D eigenvalue weighted by Gasteiger charge is -2.66. The molecule has 25 heavy (non-hydrogen) atoms. The molecule has 1 N–H and O–H groups in total. The van der Waals surface area contributed by atoms with Gasteiger partial charge < -0.3 is 10.1 Å². The van der Waals surface area contributed by atoms with Gasteiger partial charge in [0.15, 0.2) is 12.4 Å². The van der Waals surface area contributed by atoms with Crippen molar-refractivity contribution in [1.29, 1.82) is 0 Å². The molecule has 3 rings (SSSR count). The van der Waals surface area contributed by atoms with Crippen LogP contribution in [0.2, 0.25) is 0 Å². The van der Waals surface area contributed by atoms with Gasteiger partial charge in [0, 0.05) is 5.41 Å². The van der Waals surface area contributed by atoms with E-state index in [0.717, 1.165) is 0 Å². The number of ether oxygens (including phenoxy) is 1. The van der Waals surface area contributed by atoms with Gasteiger partial charge in [0.25, 0.3) is 0 Å². The van der Waals surface area contributed by atoms with E-state index < -0.39 is 5.92 Å². The van der Waals surface area contributed by atoms with Gasteiger partial charge in [0.2, 0.25) is 5.91 Å². The van der Waals surface area contributed by atoms with Crippen molar-refractivity contribution >= 4 is 32.8 Å². The van der Waals surface area contributed by atoms with E-state index in [9.17, 15) is 4.79 Å². The topological polar surface area (TPSA) is 66.3 Å². The Bertz CT molecular complexity index is 666. The van der Waals surface area contributed by atoms with Crippen LogP contribution < -0.4 is 5.32 Å². The average Bonchev–Trinajstić information content (AvgIpc) is 2.81. The van der Waals surface area contributed by atoms with Crippen molar-refractivity contribution in [3.05, 3.63) is 0 Å². The zero-order chi connectivity index (χ0) is 19.0. The van der Waals surface area contributed by atoms with E-state index in [2.05, 4.69) is 86.7 Å². The first-order valence-electron chi connectivity index (χ1n) is 8.78. The van der Waals surface area contributed by atoms with Crippen molar-refractivity contribution < 1.29 is 9.53 Å². The Morgan fingerprint density at radius 3 is 2.32 bits per heavy atom. The van der Waals surface area contributed by atoms with Gasteiger partial charge in [-0.05, 0) is 40.6 Å². The number of nitrogens with zero attached hydrogens (tertiary/aromatic N) is 3. The molecule has 3 aliphatic rings. The van der Waals surface area contributed by atoms with Crippen molar-refractivity contribution in [2.45, 2.75) is 73.4 Å². The lowest BCUT2D eigenvalue weighted by atomic mass is 9.48. The minimum Gasteiger partial charge on any atom is -0.350 e. The van der Waals surface area contributed by atoms with Crippen LogP contribution in [-0.4, -0.2) is 39.9 Å². The van der Waals surface area contributed by atoms with Gasteiger partial charge in [0.05, 0.1) is 11.9 Å². The third-order valence-corrected chi connectivity index (χ3v) is 8.35. The van der Waals surface area contributed by atoms with Crippen LogP contribution in [0.15, 0.2) is 10.1 Å². The minimum atomic E-state index is -0.425. The second kappa shape index (κ2) is 5.28. The first-order valence-corrected chi connectivity index (χ1v) is 9.57. The third kappa shape index (κ3) is 2.27. The van der Waals surface area contributed by atoms with Gasteiger partial charge in [-0.25, -0.2) is 10.0 Å². The summed E-state index contributed by atoms with van der Waals surface area (Å²) in [5.41, 5.74) is -0.695. The number of aliphatic imine (C=N–C) groups is 1. The highest BCUT2D eigenvalue weighted by Crippen LogP contribution is 2.63.